The summed E-state index contributed by atoms with van der Waals surface area (Å²) in [6, 6.07) is -1.54. The van der Waals surface area contributed by atoms with Crippen molar-refractivity contribution in [3.05, 3.63) is 0 Å². The number of amides is 1. The number of phosphoric ester groups is 1. The number of unbranched alkanes of at least 4 members (excludes halogenated alkanes) is 26. The molecule has 0 aromatic rings. The van der Waals surface area contributed by atoms with Crippen LogP contribution in [0.25, 0.3) is 0 Å². The van der Waals surface area contributed by atoms with Gasteiger partial charge in [0.25, 0.3) is 0 Å². The molecule has 0 aliphatic heterocycles. The van der Waals surface area contributed by atoms with Crippen molar-refractivity contribution in [1.29, 1.82) is 0 Å². The molecule has 0 radical (unpaired) electrons. The molecular weight excluding hydrogens is 685 g/mol. The minimum Gasteiger partial charge on any atom is -0.480 e. The molecule has 1 amide bonds. The third kappa shape index (κ3) is 35.5. The number of aliphatic hydroxyl groups is 1. The zero-order chi connectivity index (χ0) is 38.5. The molecule has 11 nitrogen and oxygen atoms in total. The van der Waals surface area contributed by atoms with E-state index in [-0.39, 0.29) is 12.8 Å². The van der Waals surface area contributed by atoms with Crippen LogP contribution in [-0.4, -0.2) is 64.9 Å². The number of phosphoric acid groups is 1. The average molecular weight is 764 g/mol. The largest absolute Gasteiger partial charge is 0.480 e. The molecule has 52 heavy (non-hydrogen) atoms. The van der Waals surface area contributed by atoms with Crippen LogP contribution < -0.4 is 5.32 Å². The van der Waals surface area contributed by atoms with Crippen molar-refractivity contribution < 1.29 is 47.8 Å². The van der Waals surface area contributed by atoms with Gasteiger partial charge in [-0.1, -0.05) is 181 Å². The molecule has 3 atom stereocenters. The van der Waals surface area contributed by atoms with Crippen molar-refractivity contribution in [2.24, 2.45) is 0 Å². The fourth-order valence-electron chi connectivity index (χ4n) is 6.08. The van der Waals surface area contributed by atoms with Crippen molar-refractivity contribution in [2.75, 3.05) is 19.8 Å². The minimum absolute atomic E-state index is 0.151. The van der Waals surface area contributed by atoms with Gasteiger partial charge in [-0.3, -0.25) is 18.6 Å². The molecule has 0 heterocycles. The predicted molar refractivity (Wildman–Crippen MR) is 208 cm³/mol. The van der Waals surface area contributed by atoms with Crippen LogP contribution in [0.2, 0.25) is 0 Å². The number of ether oxygens (including phenoxy) is 1. The third-order valence-electron chi connectivity index (χ3n) is 9.40. The number of hydrogen-bond acceptors (Lipinski definition) is 8. The van der Waals surface area contributed by atoms with E-state index in [0.29, 0.717) is 12.8 Å². The molecule has 0 fully saturated rings. The first-order valence-corrected chi connectivity index (χ1v) is 22.6. The van der Waals surface area contributed by atoms with E-state index in [1.807, 2.05) is 0 Å². The van der Waals surface area contributed by atoms with E-state index in [2.05, 4.69) is 19.2 Å². The lowest BCUT2D eigenvalue weighted by Gasteiger charge is -2.18. The summed E-state index contributed by atoms with van der Waals surface area (Å²) in [4.78, 5) is 45.7. The first-order valence-electron chi connectivity index (χ1n) is 21.1. The van der Waals surface area contributed by atoms with Crippen LogP contribution in [0, 0.1) is 0 Å². The Morgan fingerprint density at radius 1 is 0.538 bits per heavy atom. The summed E-state index contributed by atoms with van der Waals surface area (Å²) < 4.78 is 26.8. The number of carboxylic acid groups (broad SMARTS) is 1. The van der Waals surface area contributed by atoms with Gasteiger partial charge in [-0.25, -0.2) is 9.36 Å². The van der Waals surface area contributed by atoms with E-state index in [4.69, 9.17) is 13.8 Å². The number of carbonyl (C=O) groups excluding carboxylic acids is 2. The highest BCUT2D eigenvalue weighted by atomic mass is 31.2. The molecular formula is C40H78NO10P. The Bertz CT molecular complexity index is 906. The van der Waals surface area contributed by atoms with E-state index < -0.39 is 57.6 Å². The second kappa shape index (κ2) is 36.5. The monoisotopic (exact) mass is 764 g/mol. The molecule has 0 aromatic heterocycles. The fourth-order valence-corrected chi connectivity index (χ4v) is 6.85. The van der Waals surface area contributed by atoms with Crippen molar-refractivity contribution >= 4 is 25.7 Å². The topological polar surface area (TPSA) is 169 Å². The Morgan fingerprint density at radius 2 is 0.885 bits per heavy atom. The lowest BCUT2D eigenvalue weighted by Crippen LogP contribution is -2.43. The molecule has 12 heteroatoms. The number of rotatable bonds is 40. The lowest BCUT2D eigenvalue weighted by atomic mass is 10.0. The second-order valence-electron chi connectivity index (χ2n) is 14.5. The van der Waals surface area contributed by atoms with E-state index in [1.165, 1.54) is 128 Å². The first-order chi connectivity index (χ1) is 25.1. The average Bonchev–Trinajstić information content (AvgIpc) is 3.11. The van der Waals surface area contributed by atoms with Crippen molar-refractivity contribution in [1.82, 2.24) is 5.32 Å². The van der Waals surface area contributed by atoms with E-state index in [0.717, 1.165) is 38.5 Å². The van der Waals surface area contributed by atoms with Gasteiger partial charge in [0, 0.05) is 12.8 Å². The number of aliphatic carboxylic acids is 1. The molecule has 0 saturated carbocycles. The van der Waals surface area contributed by atoms with Gasteiger partial charge in [0.2, 0.25) is 5.91 Å². The maximum Gasteiger partial charge on any atom is 0.472 e. The zero-order valence-electron chi connectivity index (χ0n) is 33.1. The Kier molecular flexibility index (Phi) is 35.4. The SMILES string of the molecule is CCCCCCCCCCCCCCCCCCCCC(=O)OCC(O)COP(=O)(O)OCC(NC(=O)CCCCCCCCCCCC)C(=O)O. The highest BCUT2D eigenvalue weighted by Gasteiger charge is 2.28. The Balaban J connectivity index is 3.84. The predicted octanol–water partition coefficient (Wildman–Crippen LogP) is 10.3. The Morgan fingerprint density at radius 3 is 1.27 bits per heavy atom. The molecule has 0 aliphatic carbocycles. The minimum atomic E-state index is -4.74. The van der Waals surface area contributed by atoms with E-state index >= 15 is 0 Å². The van der Waals surface area contributed by atoms with Gasteiger partial charge in [-0.15, -0.1) is 0 Å². The Hall–Kier alpha value is -1.52. The van der Waals surface area contributed by atoms with Crippen molar-refractivity contribution in [3.8, 4) is 0 Å². The van der Waals surface area contributed by atoms with Crippen LogP contribution >= 0.6 is 7.82 Å². The normalized spacial score (nSPS) is 13.8. The van der Waals surface area contributed by atoms with Crippen molar-refractivity contribution in [3.63, 3.8) is 0 Å². The summed E-state index contributed by atoms with van der Waals surface area (Å²) in [6.45, 7) is 2.59. The summed E-state index contributed by atoms with van der Waals surface area (Å²) in [7, 11) is -4.74. The van der Waals surface area contributed by atoms with Gasteiger partial charge in [0.05, 0.1) is 13.2 Å². The van der Waals surface area contributed by atoms with Gasteiger partial charge in [-0.2, -0.15) is 0 Å². The van der Waals surface area contributed by atoms with Crippen LogP contribution in [0.4, 0.5) is 0 Å². The maximum atomic E-state index is 12.2. The van der Waals surface area contributed by atoms with Gasteiger partial charge in [0.15, 0.2) is 6.04 Å². The first kappa shape index (κ1) is 50.5. The van der Waals surface area contributed by atoms with Gasteiger partial charge >= 0.3 is 19.8 Å². The quantitative estimate of drug-likeness (QED) is 0.0268. The van der Waals surface area contributed by atoms with Gasteiger partial charge in [-0.05, 0) is 12.8 Å². The summed E-state index contributed by atoms with van der Waals surface area (Å²) >= 11 is 0. The number of esters is 1. The molecule has 0 rings (SSSR count). The second-order valence-corrected chi connectivity index (χ2v) is 16.0. The van der Waals surface area contributed by atoms with Crippen LogP contribution in [0.5, 0.6) is 0 Å². The number of nitrogens with one attached hydrogen (secondary N) is 1. The number of carboxylic acids is 1. The standard InChI is InChI=1S/C40H78NO10P/c1-3-5-7-9-11-13-15-16-17-18-19-20-21-22-24-26-28-30-32-39(44)49-33-36(42)34-50-52(47,48)51-35-37(40(45)46)41-38(43)31-29-27-25-23-14-12-10-8-6-4-2/h36-37,42H,3-35H2,1-2H3,(H,41,43)(H,45,46)(H,47,48). The summed E-state index contributed by atoms with van der Waals surface area (Å²) in [5.74, 6) is -2.36. The summed E-state index contributed by atoms with van der Waals surface area (Å²) in [6.07, 6.45) is 32.8. The summed E-state index contributed by atoms with van der Waals surface area (Å²) in [5, 5.41) is 21.7. The third-order valence-corrected chi connectivity index (χ3v) is 10.3. The highest BCUT2D eigenvalue weighted by Crippen LogP contribution is 2.43. The summed E-state index contributed by atoms with van der Waals surface area (Å²) in [5.41, 5.74) is 0. The Labute approximate surface area is 316 Å². The smallest absolute Gasteiger partial charge is 0.472 e. The molecule has 0 aromatic carbocycles. The maximum absolute atomic E-state index is 12.2. The molecule has 0 spiro atoms. The number of aliphatic hydroxyl groups excluding tert-OH is 1. The van der Waals surface area contributed by atoms with Crippen LogP contribution in [0.15, 0.2) is 0 Å². The van der Waals surface area contributed by atoms with E-state index in [9.17, 15) is 34.1 Å². The van der Waals surface area contributed by atoms with Crippen LogP contribution in [-0.2, 0) is 32.7 Å². The number of hydrogen-bond donors (Lipinski definition) is 4. The van der Waals surface area contributed by atoms with Gasteiger partial charge in [0.1, 0.15) is 12.7 Å². The zero-order valence-corrected chi connectivity index (χ0v) is 34.0. The van der Waals surface area contributed by atoms with E-state index in [1.54, 1.807) is 0 Å². The van der Waals surface area contributed by atoms with Crippen LogP contribution in [0.1, 0.15) is 206 Å². The molecule has 0 bridgehead atoms. The molecule has 4 N–H and O–H groups in total. The van der Waals surface area contributed by atoms with Gasteiger partial charge < -0.3 is 25.2 Å². The van der Waals surface area contributed by atoms with Crippen molar-refractivity contribution in [2.45, 2.75) is 219 Å². The molecule has 3 unspecified atom stereocenters. The highest BCUT2D eigenvalue weighted by molar-refractivity contribution is 7.47. The molecule has 0 aliphatic rings. The molecule has 0 saturated heterocycles. The lowest BCUT2D eigenvalue weighted by molar-refractivity contribution is -0.147. The molecule has 308 valence electrons. The fraction of sp³-hybridized carbons (Fsp3) is 0.925. The number of carbonyl (C=O) groups is 3. The van der Waals surface area contributed by atoms with Crippen LogP contribution in [0.3, 0.4) is 0 Å².